The molecule has 25 heavy (non-hydrogen) atoms. The average molecular weight is 329 g/mol. The highest BCUT2D eigenvalue weighted by atomic mass is 16.5. The second-order valence-electron chi connectivity index (χ2n) is 5.58. The van der Waals surface area contributed by atoms with Gasteiger partial charge in [-0.15, -0.1) is 10.2 Å². The van der Waals surface area contributed by atoms with E-state index in [0.717, 1.165) is 11.3 Å². The predicted molar refractivity (Wildman–Crippen MR) is 95.2 cm³/mol. The zero-order chi connectivity index (χ0) is 17.1. The Labute approximate surface area is 144 Å². The molecule has 0 aliphatic heterocycles. The molecule has 0 saturated carbocycles. The highest BCUT2D eigenvalue weighted by molar-refractivity contribution is 5.60. The van der Waals surface area contributed by atoms with Gasteiger partial charge in [0.2, 0.25) is 5.82 Å². The van der Waals surface area contributed by atoms with Gasteiger partial charge in [0.15, 0.2) is 11.5 Å². The van der Waals surface area contributed by atoms with Crippen molar-refractivity contribution in [2.24, 2.45) is 0 Å². The number of anilines is 2. The van der Waals surface area contributed by atoms with E-state index < -0.39 is 0 Å². The lowest BCUT2D eigenvalue weighted by molar-refractivity contribution is 0.430. The van der Waals surface area contributed by atoms with Gasteiger partial charge in [0.1, 0.15) is 0 Å². The number of nitrogens with zero attached hydrogens (tertiary/aromatic N) is 4. The van der Waals surface area contributed by atoms with Crippen molar-refractivity contribution < 1.29 is 4.52 Å². The minimum absolute atomic E-state index is 0.342. The lowest BCUT2D eigenvalue weighted by Gasteiger charge is -2.03. The van der Waals surface area contributed by atoms with Gasteiger partial charge < -0.3 is 9.84 Å². The van der Waals surface area contributed by atoms with E-state index in [1.165, 1.54) is 5.56 Å². The monoisotopic (exact) mass is 329 g/mol. The summed E-state index contributed by atoms with van der Waals surface area (Å²) >= 11 is 0. The predicted octanol–water partition coefficient (Wildman–Crippen LogP) is 4.25. The van der Waals surface area contributed by atoms with Crippen molar-refractivity contribution in [1.29, 1.82) is 0 Å². The van der Waals surface area contributed by atoms with Crippen LogP contribution in [0.1, 0.15) is 5.56 Å². The molecule has 0 fully saturated rings. The minimum Gasteiger partial charge on any atom is -0.339 e. The maximum absolute atomic E-state index is 5.31. The summed E-state index contributed by atoms with van der Waals surface area (Å²) in [5.74, 6) is 1.52. The van der Waals surface area contributed by atoms with Gasteiger partial charge in [-0.25, -0.2) is 0 Å². The fourth-order valence-electron chi connectivity index (χ4n) is 2.33. The Morgan fingerprint density at radius 3 is 2.36 bits per heavy atom. The Hall–Kier alpha value is -3.54. The van der Waals surface area contributed by atoms with Gasteiger partial charge in [0.25, 0.3) is 5.89 Å². The van der Waals surface area contributed by atoms with Crippen LogP contribution in [0.25, 0.3) is 23.0 Å². The fraction of sp³-hybridized carbons (Fsp3) is 0.0526. The topological polar surface area (TPSA) is 76.7 Å². The first-order valence-corrected chi connectivity index (χ1v) is 7.85. The Balaban J connectivity index is 1.53. The first kappa shape index (κ1) is 15.0. The normalized spacial score (nSPS) is 10.6. The quantitative estimate of drug-likeness (QED) is 0.603. The Morgan fingerprint density at radius 2 is 1.64 bits per heavy atom. The van der Waals surface area contributed by atoms with E-state index in [4.69, 9.17) is 4.52 Å². The highest BCUT2D eigenvalue weighted by Gasteiger charge is 2.12. The molecule has 0 atom stereocenters. The molecule has 4 rings (SSSR count). The molecule has 0 aliphatic carbocycles. The van der Waals surface area contributed by atoms with Crippen molar-refractivity contribution in [3.05, 3.63) is 72.3 Å². The third kappa shape index (κ3) is 3.37. The first-order chi connectivity index (χ1) is 12.3. The molecule has 0 radical (unpaired) electrons. The number of aromatic nitrogens is 4. The SMILES string of the molecule is Cc1ccc(-c2noc(-c3ccc(Nc4ccccc4)nn3)n2)cc1. The summed E-state index contributed by atoms with van der Waals surface area (Å²) < 4.78 is 5.31. The minimum atomic E-state index is 0.342. The summed E-state index contributed by atoms with van der Waals surface area (Å²) in [5, 5.41) is 15.5. The molecule has 0 bridgehead atoms. The third-order valence-corrected chi connectivity index (χ3v) is 3.67. The number of rotatable bonds is 4. The van der Waals surface area contributed by atoms with Crippen LogP contribution in [0.5, 0.6) is 0 Å². The van der Waals surface area contributed by atoms with Gasteiger partial charge in [0.05, 0.1) is 0 Å². The van der Waals surface area contributed by atoms with Crippen molar-refractivity contribution in [3.8, 4) is 23.0 Å². The summed E-state index contributed by atoms with van der Waals surface area (Å²) in [6.07, 6.45) is 0. The molecule has 0 saturated heterocycles. The van der Waals surface area contributed by atoms with E-state index in [-0.39, 0.29) is 0 Å². The van der Waals surface area contributed by atoms with Crippen LogP contribution in [0, 0.1) is 6.92 Å². The van der Waals surface area contributed by atoms with Crippen LogP contribution in [-0.2, 0) is 0 Å². The summed E-state index contributed by atoms with van der Waals surface area (Å²) in [6.45, 7) is 2.03. The van der Waals surface area contributed by atoms with Crippen molar-refractivity contribution in [2.45, 2.75) is 6.92 Å². The Morgan fingerprint density at radius 1 is 0.840 bits per heavy atom. The first-order valence-electron chi connectivity index (χ1n) is 7.85. The van der Waals surface area contributed by atoms with Crippen LogP contribution in [0.4, 0.5) is 11.5 Å². The summed E-state index contributed by atoms with van der Waals surface area (Å²) in [6, 6.07) is 21.3. The van der Waals surface area contributed by atoms with Gasteiger partial charge in [-0.3, -0.25) is 0 Å². The molecular formula is C19H15N5O. The third-order valence-electron chi connectivity index (χ3n) is 3.67. The maximum atomic E-state index is 5.31. The molecule has 1 N–H and O–H groups in total. The standard InChI is InChI=1S/C19H15N5O/c1-13-7-9-14(10-8-13)18-21-19(25-24-18)16-11-12-17(23-22-16)20-15-5-3-2-4-6-15/h2-12H,1H3,(H,20,23). The van der Waals surface area contributed by atoms with E-state index in [9.17, 15) is 0 Å². The largest absolute Gasteiger partial charge is 0.339 e. The Kier molecular flexibility index (Phi) is 3.92. The van der Waals surface area contributed by atoms with E-state index in [1.54, 1.807) is 6.07 Å². The molecule has 2 aromatic carbocycles. The van der Waals surface area contributed by atoms with Crippen LogP contribution in [0.2, 0.25) is 0 Å². The molecule has 2 heterocycles. The van der Waals surface area contributed by atoms with Gasteiger partial charge in [-0.2, -0.15) is 4.98 Å². The van der Waals surface area contributed by atoms with Crippen molar-refractivity contribution in [2.75, 3.05) is 5.32 Å². The molecular weight excluding hydrogens is 314 g/mol. The van der Waals surface area contributed by atoms with Crippen LogP contribution < -0.4 is 5.32 Å². The number of nitrogens with one attached hydrogen (secondary N) is 1. The molecule has 0 amide bonds. The van der Waals surface area contributed by atoms with E-state index in [2.05, 4.69) is 25.7 Å². The van der Waals surface area contributed by atoms with E-state index in [0.29, 0.717) is 23.2 Å². The average Bonchev–Trinajstić information content (AvgIpc) is 3.14. The zero-order valence-electron chi connectivity index (χ0n) is 13.5. The van der Waals surface area contributed by atoms with Crippen LogP contribution in [-0.4, -0.2) is 20.3 Å². The Bertz CT molecular complexity index is 963. The van der Waals surface area contributed by atoms with Gasteiger partial charge in [0, 0.05) is 11.3 Å². The van der Waals surface area contributed by atoms with E-state index in [1.807, 2.05) is 67.6 Å². The summed E-state index contributed by atoms with van der Waals surface area (Å²) in [7, 11) is 0. The molecule has 0 unspecified atom stereocenters. The number of benzene rings is 2. The van der Waals surface area contributed by atoms with Gasteiger partial charge >= 0.3 is 0 Å². The lowest BCUT2D eigenvalue weighted by Crippen LogP contribution is -1.96. The lowest BCUT2D eigenvalue weighted by atomic mass is 10.1. The number of hydrogen-bond acceptors (Lipinski definition) is 6. The fourth-order valence-corrected chi connectivity index (χ4v) is 2.33. The second-order valence-corrected chi connectivity index (χ2v) is 5.58. The van der Waals surface area contributed by atoms with Gasteiger partial charge in [-0.05, 0) is 31.2 Å². The summed E-state index contributed by atoms with van der Waals surface area (Å²) in [4.78, 5) is 4.39. The van der Waals surface area contributed by atoms with Crippen LogP contribution in [0.3, 0.4) is 0 Å². The highest BCUT2D eigenvalue weighted by Crippen LogP contribution is 2.22. The molecule has 6 heteroatoms. The molecule has 0 aliphatic rings. The van der Waals surface area contributed by atoms with Gasteiger partial charge in [-0.1, -0.05) is 53.2 Å². The maximum Gasteiger partial charge on any atom is 0.278 e. The van der Waals surface area contributed by atoms with Crippen molar-refractivity contribution in [1.82, 2.24) is 20.3 Å². The smallest absolute Gasteiger partial charge is 0.278 e. The number of para-hydroxylation sites is 1. The van der Waals surface area contributed by atoms with Crippen LogP contribution >= 0.6 is 0 Å². The van der Waals surface area contributed by atoms with Crippen molar-refractivity contribution >= 4 is 11.5 Å². The number of hydrogen-bond donors (Lipinski definition) is 1. The molecule has 0 spiro atoms. The molecule has 4 aromatic rings. The van der Waals surface area contributed by atoms with Crippen LogP contribution in [0.15, 0.2) is 71.3 Å². The second kappa shape index (κ2) is 6.52. The van der Waals surface area contributed by atoms with Crippen molar-refractivity contribution in [3.63, 3.8) is 0 Å². The summed E-state index contributed by atoms with van der Waals surface area (Å²) in [5.41, 5.74) is 3.56. The number of aryl methyl sites for hydroxylation is 1. The molecule has 122 valence electrons. The molecule has 2 aromatic heterocycles. The molecule has 6 nitrogen and oxygen atoms in total. The van der Waals surface area contributed by atoms with E-state index >= 15 is 0 Å². The zero-order valence-corrected chi connectivity index (χ0v) is 13.5.